The molecule has 0 bridgehead atoms. The van der Waals surface area contributed by atoms with Crippen LogP contribution >= 0.6 is 11.6 Å². The third-order valence-electron chi connectivity index (χ3n) is 3.99. The molecule has 1 heterocycles. The molecule has 0 saturated carbocycles. The molecule has 0 fully saturated rings. The summed E-state index contributed by atoms with van der Waals surface area (Å²) in [5.41, 5.74) is 5.09. The Morgan fingerprint density at radius 1 is 1.16 bits per heavy atom. The molecule has 0 amide bonds. The number of nitrogens with zero attached hydrogens (tertiary/aromatic N) is 2. The summed E-state index contributed by atoms with van der Waals surface area (Å²) in [5, 5.41) is 5.58. The summed E-state index contributed by atoms with van der Waals surface area (Å²) in [5.74, 6) is 0. The lowest BCUT2D eigenvalue weighted by Crippen LogP contribution is -2.04. The van der Waals surface area contributed by atoms with Gasteiger partial charge >= 0.3 is 0 Å². The van der Waals surface area contributed by atoms with Crippen molar-refractivity contribution >= 4 is 11.6 Å². The standard InChI is InChI=1S/C16H19ClN2/c1-12-7-5-6-8-13(12)11-19-16(17)14-9-3-2-4-10-15(14)18-19/h5-8H,2-4,9-11H2,1H3. The maximum absolute atomic E-state index is 6.52. The summed E-state index contributed by atoms with van der Waals surface area (Å²) in [7, 11) is 0. The Morgan fingerprint density at radius 3 is 2.79 bits per heavy atom. The zero-order valence-corrected chi connectivity index (χ0v) is 12.1. The molecule has 3 heteroatoms. The summed E-state index contributed by atoms with van der Waals surface area (Å²) in [4.78, 5) is 0. The Morgan fingerprint density at radius 2 is 1.95 bits per heavy atom. The van der Waals surface area contributed by atoms with Crippen LogP contribution in [0.3, 0.4) is 0 Å². The van der Waals surface area contributed by atoms with Crippen molar-refractivity contribution in [1.82, 2.24) is 9.78 Å². The third-order valence-corrected chi connectivity index (χ3v) is 4.41. The normalized spacial score (nSPS) is 15.1. The number of hydrogen-bond donors (Lipinski definition) is 0. The van der Waals surface area contributed by atoms with Gasteiger partial charge in [-0.25, -0.2) is 4.68 Å². The molecule has 0 unspecified atom stereocenters. The van der Waals surface area contributed by atoms with Crippen molar-refractivity contribution < 1.29 is 0 Å². The fourth-order valence-corrected chi connectivity index (χ4v) is 3.10. The number of aryl methyl sites for hydroxylation is 2. The molecule has 0 N–H and O–H groups in total. The molecule has 1 aromatic heterocycles. The molecule has 3 rings (SSSR count). The highest BCUT2D eigenvalue weighted by molar-refractivity contribution is 6.30. The van der Waals surface area contributed by atoms with Crippen molar-refractivity contribution in [2.24, 2.45) is 0 Å². The molecule has 0 aliphatic heterocycles. The average molecular weight is 275 g/mol. The van der Waals surface area contributed by atoms with E-state index >= 15 is 0 Å². The van der Waals surface area contributed by atoms with Crippen molar-refractivity contribution in [2.45, 2.75) is 45.6 Å². The maximum Gasteiger partial charge on any atom is 0.130 e. The molecular weight excluding hydrogens is 256 g/mol. The van der Waals surface area contributed by atoms with Gasteiger partial charge in [0.1, 0.15) is 5.15 Å². The monoisotopic (exact) mass is 274 g/mol. The van der Waals surface area contributed by atoms with E-state index in [1.54, 1.807) is 0 Å². The Balaban J connectivity index is 1.92. The average Bonchev–Trinajstić information content (AvgIpc) is 2.60. The van der Waals surface area contributed by atoms with E-state index in [1.807, 2.05) is 4.68 Å². The van der Waals surface area contributed by atoms with Crippen LogP contribution in [0.4, 0.5) is 0 Å². The van der Waals surface area contributed by atoms with Crippen LogP contribution in [0.2, 0.25) is 5.15 Å². The van der Waals surface area contributed by atoms with Crippen molar-refractivity contribution in [3.8, 4) is 0 Å². The summed E-state index contributed by atoms with van der Waals surface area (Å²) < 4.78 is 1.97. The van der Waals surface area contributed by atoms with Gasteiger partial charge < -0.3 is 0 Å². The first kappa shape index (κ1) is 12.7. The van der Waals surface area contributed by atoms with E-state index in [2.05, 4.69) is 31.2 Å². The first-order valence-corrected chi connectivity index (χ1v) is 7.42. The molecule has 1 aliphatic carbocycles. The topological polar surface area (TPSA) is 17.8 Å². The van der Waals surface area contributed by atoms with Crippen molar-refractivity contribution in [3.63, 3.8) is 0 Å². The smallest absolute Gasteiger partial charge is 0.130 e. The predicted octanol–water partition coefficient (Wildman–Crippen LogP) is 4.16. The molecule has 19 heavy (non-hydrogen) atoms. The molecular formula is C16H19ClN2. The van der Waals surface area contributed by atoms with E-state index in [0.717, 1.165) is 24.5 Å². The number of aromatic nitrogens is 2. The quantitative estimate of drug-likeness (QED) is 0.752. The molecule has 2 aromatic rings. The van der Waals surface area contributed by atoms with Crippen LogP contribution in [-0.4, -0.2) is 9.78 Å². The first-order chi connectivity index (χ1) is 9.25. The summed E-state index contributed by atoms with van der Waals surface area (Å²) in [6.07, 6.45) is 5.94. The van der Waals surface area contributed by atoms with Crippen LogP contribution in [0.15, 0.2) is 24.3 Å². The summed E-state index contributed by atoms with van der Waals surface area (Å²) >= 11 is 6.52. The summed E-state index contributed by atoms with van der Waals surface area (Å²) in [6, 6.07) is 8.43. The molecule has 2 nitrogen and oxygen atoms in total. The SMILES string of the molecule is Cc1ccccc1Cn1nc2c(c1Cl)CCCCC2. The molecule has 1 aliphatic rings. The van der Waals surface area contributed by atoms with Gasteiger partial charge in [0.2, 0.25) is 0 Å². The second-order valence-electron chi connectivity index (χ2n) is 5.36. The molecule has 0 radical (unpaired) electrons. The minimum atomic E-state index is 0.776. The van der Waals surface area contributed by atoms with Crippen molar-refractivity contribution in [1.29, 1.82) is 0 Å². The minimum Gasteiger partial charge on any atom is -0.249 e. The van der Waals surface area contributed by atoms with Gasteiger partial charge in [-0.2, -0.15) is 5.10 Å². The third kappa shape index (κ3) is 2.55. The molecule has 1 aromatic carbocycles. The van der Waals surface area contributed by atoms with Crippen molar-refractivity contribution in [3.05, 3.63) is 51.8 Å². The summed E-state index contributed by atoms with van der Waals surface area (Å²) in [6.45, 7) is 2.91. The number of fused-ring (bicyclic) bond motifs is 1. The molecule has 0 spiro atoms. The Hall–Kier alpha value is -1.28. The number of halogens is 1. The zero-order chi connectivity index (χ0) is 13.2. The van der Waals surface area contributed by atoms with Gasteiger partial charge in [-0.3, -0.25) is 0 Å². The van der Waals surface area contributed by atoms with Crippen LogP contribution in [-0.2, 0) is 19.4 Å². The fraction of sp³-hybridized carbons (Fsp3) is 0.438. The lowest BCUT2D eigenvalue weighted by atomic mass is 10.1. The van der Waals surface area contributed by atoms with Gasteiger partial charge in [0, 0.05) is 5.56 Å². The van der Waals surface area contributed by atoms with Gasteiger partial charge in [0.05, 0.1) is 12.2 Å². The molecule has 0 atom stereocenters. The predicted molar refractivity (Wildman–Crippen MR) is 78.8 cm³/mol. The number of rotatable bonds is 2. The van der Waals surface area contributed by atoms with Crippen molar-refractivity contribution in [2.75, 3.05) is 0 Å². The minimum absolute atomic E-state index is 0.776. The Bertz CT molecular complexity index is 586. The lowest BCUT2D eigenvalue weighted by molar-refractivity contribution is 0.646. The van der Waals surface area contributed by atoms with E-state index in [4.69, 9.17) is 16.7 Å². The molecule has 100 valence electrons. The van der Waals surface area contributed by atoms with Gasteiger partial charge in [0.15, 0.2) is 0 Å². The van der Waals surface area contributed by atoms with E-state index in [9.17, 15) is 0 Å². The van der Waals surface area contributed by atoms with E-state index < -0.39 is 0 Å². The highest BCUT2D eigenvalue weighted by Gasteiger charge is 2.18. The van der Waals surface area contributed by atoms with E-state index in [0.29, 0.717) is 0 Å². The van der Waals surface area contributed by atoms with Crippen LogP contribution in [0.5, 0.6) is 0 Å². The Labute approximate surface area is 119 Å². The lowest BCUT2D eigenvalue weighted by Gasteiger charge is -2.07. The van der Waals surface area contributed by atoms with E-state index in [-0.39, 0.29) is 0 Å². The highest BCUT2D eigenvalue weighted by atomic mass is 35.5. The van der Waals surface area contributed by atoms with Gasteiger partial charge in [-0.1, -0.05) is 42.3 Å². The van der Waals surface area contributed by atoms with E-state index in [1.165, 1.54) is 41.6 Å². The highest BCUT2D eigenvalue weighted by Crippen LogP contribution is 2.27. The Kier molecular flexibility index (Phi) is 3.61. The van der Waals surface area contributed by atoms with Crippen LogP contribution in [0.1, 0.15) is 41.6 Å². The number of hydrogen-bond acceptors (Lipinski definition) is 1. The van der Waals surface area contributed by atoms with Crippen LogP contribution in [0.25, 0.3) is 0 Å². The second kappa shape index (κ2) is 5.38. The van der Waals surface area contributed by atoms with Crippen LogP contribution in [0, 0.1) is 6.92 Å². The largest absolute Gasteiger partial charge is 0.249 e. The zero-order valence-electron chi connectivity index (χ0n) is 11.3. The molecule has 0 saturated heterocycles. The van der Waals surface area contributed by atoms with Gasteiger partial charge in [0.25, 0.3) is 0 Å². The van der Waals surface area contributed by atoms with Gasteiger partial charge in [-0.05, 0) is 43.7 Å². The number of benzene rings is 1. The maximum atomic E-state index is 6.52. The second-order valence-corrected chi connectivity index (χ2v) is 5.72. The fourth-order valence-electron chi connectivity index (χ4n) is 2.80. The van der Waals surface area contributed by atoms with Gasteiger partial charge in [-0.15, -0.1) is 0 Å². The first-order valence-electron chi connectivity index (χ1n) is 7.04. The van der Waals surface area contributed by atoms with Crippen LogP contribution < -0.4 is 0 Å².